The quantitative estimate of drug-likeness (QED) is 0.460. The lowest BCUT2D eigenvalue weighted by molar-refractivity contribution is -0.888. The summed E-state index contributed by atoms with van der Waals surface area (Å²) >= 11 is 0. The van der Waals surface area contributed by atoms with Gasteiger partial charge in [0.25, 0.3) is 0 Å². The molecule has 0 heterocycles. The van der Waals surface area contributed by atoms with Gasteiger partial charge in [0, 0.05) is 13.0 Å². The molecule has 2 nitrogen and oxygen atoms in total. The smallest absolute Gasteiger partial charge is 0.0794 e. The second-order valence-corrected chi connectivity index (χ2v) is 4.13. The van der Waals surface area contributed by atoms with Crippen LogP contribution in [0.3, 0.4) is 0 Å². The summed E-state index contributed by atoms with van der Waals surface area (Å²) < 4.78 is 1.15. The van der Waals surface area contributed by atoms with Crippen molar-refractivity contribution in [2.45, 2.75) is 13.3 Å². The topological polar surface area (TPSA) is 3.24 Å². The van der Waals surface area contributed by atoms with Crippen LogP contribution in [0.5, 0.6) is 0 Å². The molecule has 0 rings (SSSR count). The predicted octanol–water partition coefficient (Wildman–Crippen LogP) is -1.96. The summed E-state index contributed by atoms with van der Waals surface area (Å²) in [5.74, 6) is 0. The molecule has 76 valence electrons. The lowest BCUT2D eigenvalue weighted by Crippen LogP contribution is -3.00. The Balaban J connectivity index is 0. The van der Waals surface area contributed by atoms with E-state index < -0.39 is 0 Å². The zero-order valence-corrected chi connectivity index (χ0v) is 9.86. The maximum atomic E-state index is 2.29. The van der Waals surface area contributed by atoms with E-state index in [9.17, 15) is 0 Å². The van der Waals surface area contributed by atoms with Crippen LogP contribution < -0.4 is 12.4 Å². The summed E-state index contributed by atoms with van der Waals surface area (Å²) in [5.41, 5.74) is 0. The molecule has 0 bridgehead atoms. The number of nitrogens with zero attached hydrogens (tertiary/aromatic N) is 2. The highest BCUT2D eigenvalue weighted by Gasteiger charge is 2.10. The number of hydrogen-bond acceptors (Lipinski definition) is 1. The SMILES string of the molecule is CC[N+](C)(C)CCCN(C)C.[Cl-]. The van der Waals surface area contributed by atoms with Crippen molar-refractivity contribution in [2.75, 3.05) is 47.8 Å². The van der Waals surface area contributed by atoms with E-state index >= 15 is 0 Å². The van der Waals surface area contributed by atoms with Crippen LogP contribution in [0, 0.1) is 0 Å². The Morgan fingerprint density at radius 2 is 1.67 bits per heavy atom. The van der Waals surface area contributed by atoms with Gasteiger partial charge in [0.15, 0.2) is 0 Å². The summed E-state index contributed by atoms with van der Waals surface area (Å²) in [4.78, 5) is 2.25. The molecule has 0 saturated heterocycles. The Kier molecular flexibility index (Phi) is 8.21. The molecule has 0 aliphatic rings. The second kappa shape index (κ2) is 6.70. The van der Waals surface area contributed by atoms with Crippen molar-refractivity contribution in [1.29, 1.82) is 0 Å². The molecule has 3 heteroatoms. The van der Waals surface area contributed by atoms with Gasteiger partial charge in [-0.15, -0.1) is 0 Å². The lowest BCUT2D eigenvalue weighted by Gasteiger charge is -2.28. The van der Waals surface area contributed by atoms with Crippen LogP contribution in [0.1, 0.15) is 13.3 Å². The Labute approximate surface area is 83.5 Å². The minimum Gasteiger partial charge on any atom is -1.00 e. The Morgan fingerprint density at radius 3 is 2.00 bits per heavy atom. The van der Waals surface area contributed by atoms with Gasteiger partial charge < -0.3 is 21.8 Å². The van der Waals surface area contributed by atoms with Gasteiger partial charge in [-0.05, 0) is 21.0 Å². The molecule has 0 amide bonds. The normalized spacial score (nSPS) is 11.5. The highest BCUT2D eigenvalue weighted by molar-refractivity contribution is 4.42. The molecular formula is C9H23ClN2. The number of quaternary nitrogens is 1. The van der Waals surface area contributed by atoms with E-state index in [0.717, 1.165) is 4.48 Å². The third kappa shape index (κ3) is 8.31. The standard InChI is InChI=1S/C9H23N2.ClH/c1-6-11(4,5)9-7-8-10(2)3;/h6-9H2,1-5H3;1H/q+1;/p-1. The van der Waals surface area contributed by atoms with Crippen LogP contribution in [0.15, 0.2) is 0 Å². The third-order valence-electron chi connectivity index (χ3n) is 2.22. The van der Waals surface area contributed by atoms with Gasteiger partial charge in [-0.2, -0.15) is 0 Å². The van der Waals surface area contributed by atoms with Gasteiger partial charge in [-0.1, -0.05) is 0 Å². The van der Waals surface area contributed by atoms with Gasteiger partial charge in [-0.3, -0.25) is 0 Å². The summed E-state index contributed by atoms with van der Waals surface area (Å²) in [6.45, 7) is 5.97. The molecule has 0 unspecified atom stereocenters. The molecule has 0 N–H and O–H groups in total. The third-order valence-corrected chi connectivity index (χ3v) is 2.22. The molecule has 0 aromatic carbocycles. The van der Waals surface area contributed by atoms with Crippen molar-refractivity contribution >= 4 is 0 Å². The first-order valence-electron chi connectivity index (χ1n) is 4.44. The fourth-order valence-electron chi connectivity index (χ4n) is 0.973. The van der Waals surface area contributed by atoms with E-state index in [-0.39, 0.29) is 12.4 Å². The highest BCUT2D eigenvalue weighted by atomic mass is 35.5. The van der Waals surface area contributed by atoms with Crippen molar-refractivity contribution in [3.63, 3.8) is 0 Å². The fraction of sp³-hybridized carbons (Fsp3) is 1.00. The lowest BCUT2D eigenvalue weighted by atomic mass is 10.3. The van der Waals surface area contributed by atoms with Crippen molar-refractivity contribution < 1.29 is 16.9 Å². The van der Waals surface area contributed by atoms with Crippen LogP contribution in [0.25, 0.3) is 0 Å². The van der Waals surface area contributed by atoms with E-state index in [0.29, 0.717) is 0 Å². The fourth-order valence-corrected chi connectivity index (χ4v) is 0.973. The van der Waals surface area contributed by atoms with Gasteiger partial charge in [-0.25, -0.2) is 0 Å². The second-order valence-electron chi connectivity index (χ2n) is 4.13. The summed E-state index contributed by atoms with van der Waals surface area (Å²) in [6, 6.07) is 0. The van der Waals surface area contributed by atoms with E-state index in [1.807, 2.05) is 0 Å². The van der Waals surface area contributed by atoms with Crippen LogP contribution in [0.4, 0.5) is 0 Å². The largest absolute Gasteiger partial charge is 1.00 e. The average molecular weight is 195 g/mol. The van der Waals surface area contributed by atoms with Crippen molar-refractivity contribution in [3.8, 4) is 0 Å². The molecule has 0 aromatic heterocycles. The Morgan fingerprint density at radius 1 is 1.17 bits per heavy atom. The molecule has 0 saturated carbocycles. The maximum absolute atomic E-state index is 2.29. The molecule has 0 radical (unpaired) electrons. The maximum Gasteiger partial charge on any atom is 0.0794 e. The van der Waals surface area contributed by atoms with Gasteiger partial charge in [0.05, 0.1) is 27.2 Å². The van der Waals surface area contributed by atoms with Gasteiger partial charge in [0.2, 0.25) is 0 Å². The zero-order valence-electron chi connectivity index (χ0n) is 9.10. The molecule has 12 heavy (non-hydrogen) atoms. The molecule has 0 fully saturated rings. The first kappa shape index (κ1) is 14.7. The van der Waals surface area contributed by atoms with Gasteiger partial charge in [0.1, 0.15) is 0 Å². The Hall–Kier alpha value is 0.210. The molecule has 0 aliphatic carbocycles. The van der Waals surface area contributed by atoms with Crippen molar-refractivity contribution in [3.05, 3.63) is 0 Å². The molecule has 0 aliphatic heterocycles. The molecule has 0 atom stereocenters. The zero-order chi connectivity index (χ0) is 8.91. The van der Waals surface area contributed by atoms with E-state index in [4.69, 9.17) is 0 Å². The van der Waals surface area contributed by atoms with E-state index in [1.54, 1.807) is 0 Å². The number of halogens is 1. The average Bonchev–Trinajstić information content (AvgIpc) is 1.87. The minimum atomic E-state index is 0. The first-order chi connectivity index (χ1) is 4.98. The monoisotopic (exact) mass is 194 g/mol. The predicted molar refractivity (Wildman–Crippen MR) is 50.7 cm³/mol. The summed E-state index contributed by atoms with van der Waals surface area (Å²) in [7, 11) is 8.84. The van der Waals surface area contributed by atoms with E-state index in [2.05, 4.69) is 40.0 Å². The number of rotatable bonds is 5. The summed E-state index contributed by atoms with van der Waals surface area (Å²) in [6.07, 6.45) is 1.30. The minimum absolute atomic E-state index is 0. The van der Waals surface area contributed by atoms with Crippen LogP contribution in [-0.2, 0) is 0 Å². The molecular weight excluding hydrogens is 172 g/mol. The van der Waals surface area contributed by atoms with Crippen LogP contribution in [0.2, 0.25) is 0 Å². The summed E-state index contributed by atoms with van der Waals surface area (Å²) in [5, 5.41) is 0. The molecule has 0 aromatic rings. The van der Waals surface area contributed by atoms with Crippen LogP contribution >= 0.6 is 0 Å². The van der Waals surface area contributed by atoms with Crippen LogP contribution in [-0.4, -0.2) is 57.2 Å². The Bertz CT molecular complexity index is 103. The van der Waals surface area contributed by atoms with E-state index in [1.165, 1.54) is 26.1 Å². The van der Waals surface area contributed by atoms with Gasteiger partial charge >= 0.3 is 0 Å². The number of hydrogen-bond donors (Lipinski definition) is 0. The first-order valence-corrected chi connectivity index (χ1v) is 4.44. The highest BCUT2D eigenvalue weighted by Crippen LogP contribution is 1.98. The van der Waals surface area contributed by atoms with Crippen molar-refractivity contribution in [2.24, 2.45) is 0 Å². The van der Waals surface area contributed by atoms with Crippen molar-refractivity contribution in [1.82, 2.24) is 4.90 Å². The molecule has 0 spiro atoms.